The van der Waals surface area contributed by atoms with E-state index in [1.54, 1.807) is 0 Å². The summed E-state index contributed by atoms with van der Waals surface area (Å²) < 4.78 is 12.5. The molecule has 36 heavy (non-hydrogen) atoms. The number of halogens is 1. The number of fused-ring (bicyclic) bond motifs is 3. The predicted octanol–water partition coefficient (Wildman–Crippen LogP) is 7.56. The standard InChI is InChI=1S/C28H21ClN4O2S/c1-17-9-11-18(12-10-17)16-36-28-31-27-25(32-33-28)21-7-2-3-8-22(21)30-26(35-27)24-14-13-23(34-24)19-5-4-6-20(29)15-19/h2-15,26,30H,16H2,1H3/t26-/m1/s1. The molecule has 1 atom stereocenters. The molecule has 0 aliphatic carbocycles. The van der Waals surface area contributed by atoms with Crippen LogP contribution in [0, 0.1) is 6.92 Å². The number of ether oxygens (including phenoxy) is 1. The molecule has 1 aliphatic heterocycles. The molecule has 0 radical (unpaired) electrons. The number of nitrogens with one attached hydrogen (secondary N) is 1. The Hall–Kier alpha value is -3.81. The molecule has 0 saturated heterocycles. The third kappa shape index (κ3) is 4.67. The summed E-state index contributed by atoms with van der Waals surface area (Å²) in [5, 5.41) is 13.5. The van der Waals surface area contributed by atoms with Crippen LogP contribution in [0.1, 0.15) is 23.1 Å². The first-order valence-electron chi connectivity index (χ1n) is 11.4. The Kier molecular flexibility index (Phi) is 6.09. The van der Waals surface area contributed by atoms with E-state index in [9.17, 15) is 0 Å². The van der Waals surface area contributed by atoms with Crippen LogP contribution < -0.4 is 10.1 Å². The van der Waals surface area contributed by atoms with E-state index in [2.05, 4.69) is 46.7 Å². The molecule has 1 aliphatic rings. The number of aromatic nitrogens is 3. The fraction of sp³-hybridized carbons (Fsp3) is 0.107. The van der Waals surface area contributed by atoms with Crippen molar-refractivity contribution in [2.24, 2.45) is 0 Å². The molecule has 0 amide bonds. The Balaban J connectivity index is 1.32. The molecule has 5 aromatic rings. The Morgan fingerprint density at radius 2 is 1.81 bits per heavy atom. The van der Waals surface area contributed by atoms with Crippen molar-refractivity contribution in [2.75, 3.05) is 5.32 Å². The first-order valence-corrected chi connectivity index (χ1v) is 12.8. The molecule has 6 nitrogen and oxygen atoms in total. The van der Waals surface area contributed by atoms with E-state index < -0.39 is 6.23 Å². The summed E-state index contributed by atoms with van der Waals surface area (Å²) in [7, 11) is 0. The Bertz CT molecular complexity index is 1540. The number of anilines is 1. The van der Waals surface area contributed by atoms with E-state index in [4.69, 9.17) is 25.7 Å². The molecule has 178 valence electrons. The SMILES string of the molecule is Cc1ccc(CSc2nnc3c(n2)O[C@H](c2ccc(-c4cccc(Cl)c4)o2)Nc2ccccc2-3)cc1. The Labute approximate surface area is 217 Å². The average Bonchev–Trinajstić information content (AvgIpc) is 3.33. The molecule has 2 aromatic heterocycles. The number of aryl methyl sites for hydroxylation is 1. The van der Waals surface area contributed by atoms with Gasteiger partial charge in [0.1, 0.15) is 5.76 Å². The number of furan rings is 1. The zero-order chi connectivity index (χ0) is 24.5. The molecule has 0 fully saturated rings. The van der Waals surface area contributed by atoms with Crippen molar-refractivity contribution < 1.29 is 9.15 Å². The van der Waals surface area contributed by atoms with Crippen LogP contribution in [0.2, 0.25) is 5.02 Å². The summed E-state index contributed by atoms with van der Waals surface area (Å²) in [6.07, 6.45) is -0.605. The van der Waals surface area contributed by atoms with Gasteiger partial charge in [0.25, 0.3) is 0 Å². The van der Waals surface area contributed by atoms with Crippen molar-refractivity contribution in [3.8, 4) is 28.5 Å². The summed E-state index contributed by atoms with van der Waals surface area (Å²) in [6, 6.07) is 27.6. The lowest BCUT2D eigenvalue weighted by atomic mass is 10.1. The summed E-state index contributed by atoms with van der Waals surface area (Å²) in [5.41, 5.74) is 5.63. The van der Waals surface area contributed by atoms with Gasteiger partial charge in [-0.05, 0) is 42.8 Å². The van der Waals surface area contributed by atoms with Crippen molar-refractivity contribution in [3.05, 3.63) is 107 Å². The third-order valence-corrected chi connectivity index (χ3v) is 6.96. The van der Waals surface area contributed by atoms with E-state index >= 15 is 0 Å². The lowest BCUT2D eigenvalue weighted by Gasteiger charge is -2.16. The van der Waals surface area contributed by atoms with E-state index in [0.29, 0.717) is 33.3 Å². The van der Waals surface area contributed by atoms with Crippen molar-refractivity contribution >= 4 is 29.1 Å². The lowest BCUT2D eigenvalue weighted by Crippen LogP contribution is -2.16. The summed E-state index contributed by atoms with van der Waals surface area (Å²) in [6.45, 7) is 2.08. The Morgan fingerprint density at radius 3 is 2.67 bits per heavy atom. The second kappa shape index (κ2) is 9.68. The molecule has 0 saturated carbocycles. The van der Waals surface area contributed by atoms with Crippen LogP contribution in [0.15, 0.2) is 94.5 Å². The largest absolute Gasteiger partial charge is 0.455 e. The first kappa shape index (κ1) is 22.6. The molecule has 3 aromatic carbocycles. The van der Waals surface area contributed by atoms with Gasteiger partial charge in [0.05, 0.1) is 0 Å². The molecule has 1 N–H and O–H groups in total. The van der Waals surface area contributed by atoms with Crippen molar-refractivity contribution in [1.82, 2.24) is 15.2 Å². The minimum absolute atomic E-state index is 0.402. The van der Waals surface area contributed by atoms with Gasteiger partial charge in [-0.1, -0.05) is 83.5 Å². The van der Waals surface area contributed by atoms with Crippen LogP contribution in [0.5, 0.6) is 5.88 Å². The molecule has 8 heteroatoms. The molecule has 0 unspecified atom stereocenters. The van der Waals surface area contributed by atoms with Gasteiger partial charge >= 0.3 is 0 Å². The highest BCUT2D eigenvalue weighted by molar-refractivity contribution is 7.98. The number of hydrogen-bond donors (Lipinski definition) is 1. The predicted molar refractivity (Wildman–Crippen MR) is 142 cm³/mol. The molecule has 0 spiro atoms. The highest BCUT2D eigenvalue weighted by atomic mass is 35.5. The summed E-state index contributed by atoms with van der Waals surface area (Å²) in [4.78, 5) is 4.73. The van der Waals surface area contributed by atoms with Crippen LogP contribution in [0.3, 0.4) is 0 Å². The number of para-hydroxylation sites is 1. The van der Waals surface area contributed by atoms with E-state index in [1.165, 1.54) is 22.9 Å². The van der Waals surface area contributed by atoms with Crippen LogP contribution in [-0.2, 0) is 5.75 Å². The van der Waals surface area contributed by atoms with E-state index in [-0.39, 0.29) is 0 Å². The van der Waals surface area contributed by atoms with Gasteiger partial charge < -0.3 is 14.5 Å². The van der Waals surface area contributed by atoms with Gasteiger partial charge in [-0.3, -0.25) is 0 Å². The highest BCUT2D eigenvalue weighted by Gasteiger charge is 2.28. The lowest BCUT2D eigenvalue weighted by molar-refractivity contribution is 0.196. The van der Waals surface area contributed by atoms with Crippen LogP contribution in [0.4, 0.5) is 5.69 Å². The number of nitrogens with zero attached hydrogens (tertiary/aromatic N) is 3. The van der Waals surface area contributed by atoms with Crippen molar-refractivity contribution in [3.63, 3.8) is 0 Å². The summed E-state index contributed by atoms with van der Waals surface area (Å²) in [5.74, 6) is 2.45. The van der Waals surface area contributed by atoms with E-state index in [1.807, 2.05) is 60.7 Å². The maximum Gasteiger partial charge on any atom is 0.247 e. The first-order chi connectivity index (χ1) is 17.6. The van der Waals surface area contributed by atoms with Crippen LogP contribution >= 0.6 is 23.4 Å². The number of thioether (sulfide) groups is 1. The normalized spacial score (nSPS) is 14.2. The quantitative estimate of drug-likeness (QED) is 0.243. The molecular formula is C28H21ClN4O2S. The van der Waals surface area contributed by atoms with Gasteiger partial charge in [0.2, 0.25) is 17.3 Å². The Morgan fingerprint density at radius 1 is 0.944 bits per heavy atom. The minimum Gasteiger partial charge on any atom is -0.455 e. The highest BCUT2D eigenvalue weighted by Crippen LogP contribution is 2.40. The van der Waals surface area contributed by atoms with Crippen molar-refractivity contribution in [1.29, 1.82) is 0 Å². The van der Waals surface area contributed by atoms with Crippen molar-refractivity contribution in [2.45, 2.75) is 24.1 Å². The van der Waals surface area contributed by atoms with Gasteiger partial charge in [0.15, 0.2) is 11.5 Å². The number of benzene rings is 3. The zero-order valence-electron chi connectivity index (χ0n) is 19.3. The number of hydrogen-bond acceptors (Lipinski definition) is 7. The van der Waals surface area contributed by atoms with Gasteiger partial charge in [-0.15, -0.1) is 10.2 Å². The van der Waals surface area contributed by atoms with Crippen LogP contribution in [0.25, 0.3) is 22.6 Å². The second-order valence-electron chi connectivity index (χ2n) is 8.42. The molecule has 3 heterocycles. The smallest absolute Gasteiger partial charge is 0.247 e. The maximum absolute atomic E-state index is 6.35. The van der Waals surface area contributed by atoms with Gasteiger partial charge in [-0.25, -0.2) is 0 Å². The fourth-order valence-corrected chi connectivity index (χ4v) is 4.88. The van der Waals surface area contributed by atoms with Gasteiger partial charge in [-0.2, -0.15) is 4.98 Å². The average molecular weight is 513 g/mol. The molecule has 6 rings (SSSR count). The van der Waals surface area contributed by atoms with Crippen LogP contribution in [-0.4, -0.2) is 15.2 Å². The second-order valence-corrected chi connectivity index (χ2v) is 9.80. The monoisotopic (exact) mass is 512 g/mol. The topological polar surface area (TPSA) is 73.1 Å². The zero-order valence-corrected chi connectivity index (χ0v) is 20.9. The van der Waals surface area contributed by atoms with Gasteiger partial charge in [0, 0.05) is 27.6 Å². The fourth-order valence-electron chi connectivity index (χ4n) is 3.96. The minimum atomic E-state index is -0.605. The summed E-state index contributed by atoms with van der Waals surface area (Å²) >= 11 is 7.69. The third-order valence-electron chi connectivity index (χ3n) is 5.82. The molecule has 0 bridgehead atoms. The number of rotatable bonds is 5. The van der Waals surface area contributed by atoms with E-state index in [0.717, 1.165) is 22.6 Å². The molecular weight excluding hydrogens is 492 g/mol. The maximum atomic E-state index is 6.35.